The summed E-state index contributed by atoms with van der Waals surface area (Å²) in [4.78, 5) is 14.8. The number of thioether (sulfide) groups is 2. The van der Waals surface area contributed by atoms with Crippen molar-refractivity contribution in [1.29, 1.82) is 0 Å². The van der Waals surface area contributed by atoms with Gasteiger partial charge in [-0.1, -0.05) is 109 Å². The van der Waals surface area contributed by atoms with Crippen molar-refractivity contribution in [3.05, 3.63) is 48.5 Å². The van der Waals surface area contributed by atoms with Crippen LogP contribution in [0.15, 0.2) is 58.3 Å². The molecule has 0 fully saturated rings. The van der Waals surface area contributed by atoms with Gasteiger partial charge in [0.05, 0.1) is 6.61 Å². The number of hydrogen-bond donors (Lipinski definition) is 0. The van der Waals surface area contributed by atoms with E-state index in [1.54, 1.807) is 11.8 Å². The second kappa shape index (κ2) is 19.7. The highest BCUT2D eigenvalue weighted by Crippen LogP contribution is 2.29. The fourth-order valence-corrected chi connectivity index (χ4v) is 5.92. The molecule has 0 aromatic heterocycles. The molecule has 0 radical (unpaired) electrons. The molecule has 0 spiro atoms. The monoisotopic (exact) mass is 528 g/mol. The maximum Gasteiger partial charge on any atom is 0.319 e. The lowest BCUT2D eigenvalue weighted by Crippen LogP contribution is -2.17. The Hall–Kier alpha value is -1.39. The number of rotatable bonds is 20. The number of carbonyl (C=O) groups is 1. The van der Waals surface area contributed by atoms with Gasteiger partial charge in [0.25, 0.3) is 0 Å². The minimum Gasteiger partial charge on any atom is -0.465 e. The van der Waals surface area contributed by atoms with E-state index in [9.17, 15) is 4.79 Å². The first-order valence-electron chi connectivity index (χ1n) is 14.3. The smallest absolute Gasteiger partial charge is 0.319 e. The van der Waals surface area contributed by atoms with Crippen molar-refractivity contribution in [1.82, 2.24) is 0 Å². The summed E-state index contributed by atoms with van der Waals surface area (Å²) in [6, 6.07) is 17.4. The van der Waals surface area contributed by atoms with Crippen molar-refractivity contribution in [3.8, 4) is 11.1 Å². The van der Waals surface area contributed by atoms with Crippen LogP contribution in [0, 0.1) is 0 Å². The van der Waals surface area contributed by atoms with Gasteiger partial charge in [0.1, 0.15) is 5.25 Å². The molecule has 0 N–H and O–H groups in total. The Morgan fingerprint density at radius 2 is 1.14 bits per heavy atom. The molecular formula is C32H48O2S2. The Labute approximate surface area is 229 Å². The van der Waals surface area contributed by atoms with Gasteiger partial charge in [-0.05, 0) is 60.9 Å². The van der Waals surface area contributed by atoms with Gasteiger partial charge in [0, 0.05) is 9.79 Å². The van der Waals surface area contributed by atoms with Crippen LogP contribution in [0.4, 0.5) is 0 Å². The van der Waals surface area contributed by atoms with Crippen molar-refractivity contribution in [2.45, 2.75) is 119 Å². The van der Waals surface area contributed by atoms with Crippen LogP contribution in [0.5, 0.6) is 0 Å². The maximum atomic E-state index is 12.3. The normalized spacial score (nSPS) is 12.0. The lowest BCUT2D eigenvalue weighted by Gasteiger charge is -2.12. The molecule has 2 nitrogen and oxygen atoms in total. The van der Waals surface area contributed by atoms with Crippen molar-refractivity contribution < 1.29 is 9.53 Å². The average molecular weight is 529 g/mol. The van der Waals surface area contributed by atoms with Crippen molar-refractivity contribution in [3.63, 3.8) is 0 Å². The Morgan fingerprint density at radius 1 is 0.667 bits per heavy atom. The molecular weight excluding hydrogens is 480 g/mol. The van der Waals surface area contributed by atoms with E-state index in [0.29, 0.717) is 6.61 Å². The molecule has 0 unspecified atom stereocenters. The molecule has 0 bridgehead atoms. The standard InChI is InChI=1S/C32H48O2S2/c1-4-6-8-10-12-14-16-26-35-30-21-17-28(18-22-30)29-19-23-31(24-20-29)36-27(3)32(33)34-25-15-13-11-9-7-5-2/h17-24,27H,4-16,25-26H2,1-3H3/t27-/m1/s1. The molecule has 36 heavy (non-hydrogen) atoms. The Morgan fingerprint density at radius 3 is 1.69 bits per heavy atom. The van der Waals surface area contributed by atoms with Crippen LogP contribution in [0.3, 0.4) is 0 Å². The van der Waals surface area contributed by atoms with Gasteiger partial charge >= 0.3 is 5.97 Å². The highest BCUT2D eigenvalue weighted by Gasteiger charge is 2.16. The molecule has 0 saturated carbocycles. The molecule has 2 aromatic rings. The molecule has 2 rings (SSSR count). The Kier molecular flexibility index (Phi) is 16.9. The minimum absolute atomic E-state index is 0.109. The van der Waals surface area contributed by atoms with Crippen LogP contribution < -0.4 is 0 Å². The summed E-state index contributed by atoms with van der Waals surface area (Å²) in [6.07, 6.45) is 16.8. The molecule has 200 valence electrons. The summed E-state index contributed by atoms with van der Waals surface area (Å²) in [5, 5.41) is -0.191. The minimum atomic E-state index is -0.191. The third-order valence-corrected chi connectivity index (χ3v) is 8.63. The van der Waals surface area contributed by atoms with Gasteiger partial charge in [-0.15, -0.1) is 23.5 Å². The summed E-state index contributed by atoms with van der Waals surface area (Å²) < 4.78 is 5.49. The van der Waals surface area contributed by atoms with E-state index in [1.165, 1.54) is 92.4 Å². The van der Waals surface area contributed by atoms with Gasteiger partial charge in [-0.3, -0.25) is 4.79 Å². The Bertz CT molecular complexity index is 817. The molecule has 0 heterocycles. The summed E-state index contributed by atoms with van der Waals surface area (Å²) in [5.41, 5.74) is 2.44. The first kappa shape index (κ1) is 30.8. The number of ether oxygens (including phenoxy) is 1. The van der Waals surface area contributed by atoms with E-state index in [4.69, 9.17) is 4.74 Å². The lowest BCUT2D eigenvalue weighted by molar-refractivity contribution is -0.142. The second-order valence-corrected chi connectivity index (χ2v) is 12.3. The number of benzene rings is 2. The van der Waals surface area contributed by atoms with E-state index in [0.717, 1.165) is 17.7 Å². The number of esters is 1. The molecule has 0 aliphatic carbocycles. The van der Waals surface area contributed by atoms with Crippen molar-refractivity contribution in [2.75, 3.05) is 12.4 Å². The zero-order valence-electron chi connectivity index (χ0n) is 22.9. The van der Waals surface area contributed by atoms with Crippen molar-refractivity contribution in [2.24, 2.45) is 0 Å². The summed E-state index contributed by atoms with van der Waals surface area (Å²) >= 11 is 3.54. The van der Waals surface area contributed by atoms with Gasteiger partial charge < -0.3 is 4.74 Å². The van der Waals surface area contributed by atoms with Gasteiger partial charge in [0.2, 0.25) is 0 Å². The third-order valence-electron chi connectivity index (χ3n) is 6.45. The quantitative estimate of drug-likeness (QED) is 0.0969. The van der Waals surface area contributed by atoms with E-state index in [-0.39, 0.29) is 11.2 Å². The van der Waals surface area contributed by atoms with Crippen LogP contribution in [-0.4, -0.2) is 23.6 Å². The van der Waals surface area contributed by atoms with Gasteiger partial charge in [-0.2, -0.15) is 0 Å². The fraction of sp³-hybridized carbons (Fsp3) is 0.594. The fourth-order valence-electron chi connectivity index (χ4n) is 4.14. The van der Waals surface area contributed by atoms with Crippen LogP contribution in [-0.2, 0) is 9.53 Å². The number of unbranched alkanes of at least 4 members (excludes halogenated alkanes) is 11. The molecule has 0 amide bonds. The van der Waals surface area contributed by atoms with E-state index in [1.807, 2.05) is 18.7 Å². The highest BCUT2D eigenvalue weighted by atomic mass is 32.2. The second-order valence-electron chi connectivity index (χ2n) is 9.71. The maximum absolute atomic E-state index is 12.3. The lowest BCUT2D eigenvalue weighted by atomic mass is 10.1. The first-order chi connectivity index (χ1) is 17.6. The van der Waals surface area contributed by atoms with Crippen LogP contribution in [0.2, 0.25) is 0 Å². The summed E-state index contributed by atoms with van der Waals surface area (Å²) in [7, 11) is 0. The molecule has 0 aliphatic rings. The summed E-state index contributed by atoms with van der Waals surface area (Å²) in [5.74, 6) is 1.10. The zero-order valence-corrected chi connectivity index (χ0v) is 24.6. The number of carbonyl (C=O) groups excluding carboxylic acids is 1. The molecule has 2 aromatic carbocycles. The average Bonchev–Trinajstić information content (AvgIpc) is 2.90. The van der Waals surface area contributed by atoms with Gasteiger partial charge in [0.15, 0.2) is 0 Å². The van der Waals surface area contributed by atoms with Crippen LogP contribution in [0.1, 0.15) is 104 Å². The third kappa shape index (κ3) is 13.2. The Balaban J connectivity index is 1.67. The molecule has 1 atom stereocenters. The highest BCUT2D eigenvalue weighted by molar-refractivity contribution is 8.00. The summed E-state index contributed by atoms with van der Waals surface area (Å²) in [6.45, 7) is 6.98. The van der Waals surface area contributed by atoms with Crippen molar-refractivity contribution >= 4 is 29.5 Å². The first-order valence-corrected chi connectivity index (χ1v) is 16.2. The van der Waals surface area contributed by atoms with Gasteiger partial charge in [-0.25, -0.2) is 0 Å². The van der Waals surface area contributed by atoms with E-state index >= 15 is 0 Å². The predicted octanol–water partition coefficient (Wildman–Crippen LogP) is 10.6. The van der Waals surface area contributed by atoms with Crippen LogP contribution >= 0.6 is 23.5 Å². The largest absolute Gasteiger partial charge is 0.465 e. The predicted molar refractivity (Wildman–Crippen MR) is 160 cm³/mol. The topological polar surface area (TPSA) is 26.3 Å². The number of hydrogen-bond acceptors (Lipinski definition) is 4. The van der Waals surface area contributed by atoms with Crippen LogP contribution in [0.25, 0.3) is 11.1 Å². The van der Waals surface area contributed by atoms with E-state index < -0.39 is 0 Å². The SMILES string of the molecule is CCCCCCCCCSc1ccc(-c2ccc(S[C@H](C)C(=O)OCCCCCCCC)cc2)cc1. The van der Waals surface area contributed by atoms with E-state index in [2.05, 4.69) is 62.4 Å². The molecule has 0 saturated heterocycles. The molecule has 4 heteroatoms. The molecule has 0 aliphatic heterocycles. The zero-order chi connectivity index (χ0) is 25.8.